The number of hydrogen-bond donors (Lipinski definition) is 1. The number of hydrogen-bond acceptors (Lipinski definition) is 3. The van der Waals surface area contributed by atoms with E-state index in [1.54, 1.807) is 10.4 Å². The Morgan fingerprint density at radius 2 is 1.83 bits per heavy atom. The van der Waals surface area contributed by atoms with Gasteiger partial charge in [-0.15, -0.1) is 0 Å². The molecule has 2 bridgehead atoms. The Morgan fingerprint density at radius 1 is 1.07 bits per heavy atom. The van der Waals surface area contributed by atoms with Crippen LogP contribution in [-0.4, -0.2) is 37.8 Å². The van der Waals surface area contributed by atoms with Crippen molar-refractivity contribution in [3.8, 4) is 0 Å². The monoisotopic (exact) mass is 430 g/mol. The number of fused-ring (bicyclic) bond motifs is 3. The van der Waals surface area contributed by atoms with E-state index in [1.165, 1.54) is 36.8 Å². The summed E-state index contributed by atoms with van der Waals surface area (Å²) in [5, 5.41) is 3.28. The molecule has 4 atom stereocenters. The number of nitrogens with zero attached hydrogens (tertiary/aromatic N) is 1. The maximum atomic E-state index is 13.1. The first-order valence-electron chi connectivity index (χ1n) is 11.8. The van der Waals surface area contributed by atoms with Crippen molar-refractivity contribution in [3.05, 3.63) is 29.3 Å². The molecule has 164 valence electrons. The van der Waals surface area contributed by atoms with Gasteiger partial charge in [0.2, 0.25) is 15.9 Å². The van der Waals surface area contributed by atoms with E-state index in [9.17, 15) is 13.2 Å². The van der Waals surface area contributed by atoms with Crippen LogP contribution in [0.3, 0.4) is 0 Å². The molecule has 3 aliphatic carbocycles. The molecule has 1 saturated heterocycles. The Balaban J connectivity index is 1.17. The molecular weight excluding hydrogens is 396 g/mol. The second-order valence-corrected chi connectivity index (χ2v) is 12.0. The predicted octanol–water partition coefficient (Wildman–Crippen LogP) is 3.52. The Labute approximate surface area is 180 Å². The van der Waals surface area contributed by atoms with Crippen LogP contribution in [0.1, 0.15) is 63.0 Å². The summed E-state index contributed by atoms with van der Waals surface area (Å²) in [5.41, 5.74) is 2.47. The molecule has 1 heterocycles. The summed E-state index contributed by atoms with van der Waals surface area (Å²) >= 11 is 0. The lowest BCUT2D eigenvalue weighted by Gasteiger charge is -2.33. The van der Waals surface area contributed by atoms with Crippen molar-refractivity contribution in [1.82, 2.24) is 9.62 Å². The maximum absolute atomic E-state index is 13.1. The summed E-state index contributed by atoms with van der Waals surface area (Å²) in [4.78, 5) is 13.3. The van der Waals surface area contributed by atoms with Gasteiger partial charge in [0.25, 0.3) is 0 Å². The minimum absolute atomic E-state index is 0.0717. The lowest BCUT2D eigenvalue weighted by Crippen LogP contribution is -2.47. The van der Waals surface area contributed by atoms with E-state index in [0.717, 1.165) is 31.1 Å². The van der Waals surface area contributed by atoms with Crippen LogP contribution in [0.5, 0.6) is 0 Å². The van der Waals surface area contributed by atoms with Gasteiger partial charge in [0.1, 0.15) is 0 Å². The van der Waals surface area contributed by atoms with Crippen molar-refractivity contribution in [3.63, 3.8) is 0 Å². The van der Waals surface area contributed by atoms with Crippen molar-refractivity contribution in [2.75, 3.05) is 13.1 Å². The third-order valence-corrected chi connectivity index (χ3v) is 10.2. The number of piperidine rings is 1. The van der Waals surface area contributed by atoms with Crippen LogP contribution in [-0.2, 0) is 27.7 Å². The highest BCUT2D eigenvalue weighted by Crippen LogP contribution is 2.49. The fraction of sp³-hybridized carbons (Fsp3) is 0.708. The first-order chi connectivity index (χ1) is 14.4. The van der Waals surface area contributed by atoms with Gasteiger partial charge in [0.05, 0.1) is 4.90 Å². The molecule has 1 N–H and O–H groups in total. The van der Waals surface area contributed by atoms with E-state index in [-0.39, 0.29) is 17.9 Å². The summed E-state index contributed by atoms with van der Waals surface area (Å²) < 4.78 is 27.8. The summed E-state index contributed by atoms with van der Waals surface area (Å²) in [7, 11) is -3.47. The van der Waals surface area contributed by atoms with Crippen molar-refractivity contribution in [2.45, 2.75) is 75.6 Å². The standard InChI is InChI=1S/C24H34N2O3S/c1-16(23-14-17-5-6-21(23)13-17)25-24(27)19-9-11-26(12-10-19)30(28,29)22-8-7-18-3-2-4-20(18)15-22/h7-8,15-17,19,21,23H,2-6,9-14H2,1H3,(H,25,27)/t16-,17+,21+,23+/m1/s1. The largest absolute Gasteiger partial charge is 0.353 e. The Kier molecular flexibility index (Phi) is 5.42. The average molecular weight is 431 g/mol. The predicted molar refractivity (Wildman–Crippen MR) is 116 cm³/mol. The molecule has 2 saturated carbocycles. The molecule has 5 rings (SSSR count). The maximum Gasteiger partial charge on any atom is 0.243 e. The van der Waals surface area contributed by atoms with Crippen LogP contribution < -0.4 is 5.32 Å². The van der Waals surface area contributed by atoms with E-state index in [4.69, 9.17) is 0 Å². The Morgan fingerprint density at radius 3 is 2.53 bits per heavy atom. The fourth-order valence-electron chi connectivity index (χ4n) is 6.57. The lowest BCUT2D eigenvalue weighted by molar-refractivity contribution is -0.127. The SMILES string of the molecule is C[C@@H](NC(=O)C1CCN(S(=O)(=O)c2ccc3c(c2)CCC3)CC1)[C@@H]1C[C@H]2CC[C@H]1C2. The third kappa shape index (κ3) is 3.70. The van der Waals surface area contributed by atoms with Crippen molar-refractivity contribution >= 4 is 15.9 Å². The van der Waals surface area contributed by atoms with Crippen LogP contribution in [0.4, 0.5) is 0 Å². The van der Waals surface area contributed by atoms with Crippen LogP contribution in [0.25, 0.3) is 0 Å². The van der Waals surface area contributed by atoms with Gasteiger partial charge >= 0.3 is 0 Å². The molecule has 0 unspecified atom stereocenters. The van der Waals surface area contributed by atoms with E-state index in [2.05, 4.69) is 12.2 Å². The second kappa shape index (κ2) is 7.94. The van der Waals surface area contributed by atoms with Gasteiger partial charge < -0.3 is 5.32 Å². The zero-order valence-electron chi connectivity index (χ0n) is 18.0. The first-order valence-corrected chi connectivity index (χ1v) is 13.3. The molecule has 0 spiro atoms. The molecule has 0 aromatic heterocycles. The molecule has 0 radical (unpaired) electrons. The number of sulfonamides is 1. The Bertz CT molecular complexity index is 920. The van der Waals surface area contributed by atoms with Gasteiger partial charge in [-0.25, -0.2) is 8.42 Å². The third-order valence-electron chi connectivity index (χ3n) is 8.34. The lowest BCUT2D eigenvalue weighted by atomic mass is 9.83. The van der Waals surface area contributed by atoms with E-state index in [0.29, 0.717) is 36.7 Å². The van der Waals surface area contributed by atoms with Crippen LogP contribution in [0.2, 0.25) is 0 Å². The van der Waals surface area contributed by atoms with Gasteiger partial charge in [-0.3, -0.25) is 4.79 Å². The summed E-state index contributed by atoms with van der Waals surface area (Å²) in [6.45, 7) is 3.02. The molecular formula is C24H34N2O3S. The zero-order chi connectivity index (χ0) is 20.9. The number of amides is 1. The number of carbonyl (C=O) groups is 1. The molecule has 4 aliphatic rings. The minimum Gasteiger partial charge on any atom is -0.353 e. The molecule has 6 heteroatoms. The molecule has 1 aromatic carbocycles. The number of nitrogens with one attached hydrogen (secondary N) is 1. The van der Waals surface area contributed by atoms with Gasteiger partial charge in [-0.1, -0.05) is 12.5 Å². The first kappa shape index (κ1) is 20.5. The molecule has 3 fully saturated rings. The minimum atomic E-state index is -3.47. The Hall–Kier alpha value is -1.40. The van der Waals surface area contributed by atoms with Gasteiger partial charge in [-0.2, -0.15) is 4.31 Å². The number of aryl methyl sites for hydroxylation is 2. The summed E-state index contributed by atoms with van der Waals surface area (Å²) in [6.07, 6.45) is 9.68. The summed E-state index contributed by atoms with van der Waals surface area (Å²) in [5.74, 6) is 2.36. The summed E-state index contributed by atoms with van der Waals surface area (Å²) in [6, 6.07) is 5.84. The van der Waals surface area contributed by atoms with Crippen molar-refractivity contribution < 1.29 is 13.2 Å². The van der Waals surface area contributed by atoms with Crippen molar-refractivity contribution in [2.24, 2.45) is 23.7 Å². The second-order valence-electron chi connectivity index (χ2n) is 10.1. The molecule has 5 nitrogen and oxygen atoms in total. The highest BCUT2D eigenvalue weighted by atomic mass is 32.2. The zero-order valence-corrected chi connectivity index (χ0v) is 18.8. The average Bonchev–Trinajstić information content (AvgIpc) is 3.50. The van der Waals surface area contributed by atoms with Gasteiger partial charge in [0.15, 0.2) is 0 Å². The van der Waals surface area contributed by atoms with E-state index >= 15 is 0 Å². The number of rotatable bonds is 5. The molecule has 1 amide bonds. The smallest absolute Gasteiger partial charge is 0.243 e. The molecule has 1 aliphatic heterocycles. The van der Waals surface area contributed by atoms with Gasteiger partial charge in [-0.05, 0) is 99.3 Å². The normalized spacial score (nSPS) is 30.4. The highest BCUT2D eigenvalue weighted by Gasteiger charge is 2.42. The van der Waals surface area contributed by atoms with Crippen molar-refractivity contribution in [1.29, 1.82) is 0 Å². The van der Waals surface area contributed by atoms with Crippen LogP contribution in [0.15, 0.2) is 23.1 Å². The van der Waals surface area contributed by atoms with Crippen LogP contribution >= 0.6 is 0 Å². The molecule has 30 heavy (non-hydrogen) atoms. The van der Waals surface area contributed by atoms with Gasteiger partial charge in [0, 0.05) is 25.0 Å². The quantitative estimate of drug-likeness (QED) is 0.777. The molecule has 1 aromatic rings. The fourth-order valence-corrected chi connectivity index (χ4v) is 8.09. The van der Waals surface area contributed by atoms with Crippen LogP contribution in [0, 0.1) is 23.7 Å². The number of benzene rings is 1. The van der Waals surface area contributed by atoms with E-state index < -0.39 is 10.0 Å². The van der Waals surface area contributed by atoms with E-state index in [1.807, 2.05) is 12.1 Å². The topological polar surface area (TPSA) is 66.5 Å². The number of carbonyl (C=O) groups excluding carboxylic acids is 1. The highest BCUT2D eigenvalue weighted by molar-refractivity contribution is 7.89.